The summed E-state index contributed by atoms with van der Waals surface area (Å²) in [6.07, 6.45) is 0. The lowest BCUT2D eigenvalue weighted by atomic mass is 10.2. The highest BCUT2D eigenvalue weighted by Crippen LogP contribution is 2.25. The monoisotopic (exact) mass is 328 g/mol. The maximum atomic E-state index is 13.4. The molecule has 0 saturated carbocycles. The highest BCUT2D eigenvalue weighted by Gasteiger charge is 2.15. The van der Waals surface area contributed by atoms with Crippen LogP contribution in [0.15, 0.2) is 30.3 Å². The van der Waals surface area contributed by atoms with Gasteiger partial charge in [-0.05, 0) is 24.3 Å². The van der Waals surface area contributed by atoms with Crippen molar-refractivity contribution in [1.29, 1.82) is 0 Å². The normalized spacial score (nSPS) is 10.2. The number of carboxylic acids is 1. The number of carbonyl (C=O) groups excluding carboxylic acids is 1. The van der Waals surface area contributed by atoms with E-state index in [4.69, 9.17) is 28.3 Å². The number of hydrogen-bond acceptors (Lipinski definition) is 3. The first-order chi connectivity index (χ1) is 9.88. The molecule has 0 fully saturated rings. The molecule has 1 aromatic heterocycles. The molecule has 2 rings (SSSR count). The fraction of sp³-hybridized carbons (Fsp3) is 0. The summed E-state index contributed by atoms with van der Waals surface area (Å²) in [7, 11) is 0. The number of rotatable bonds is 3. The predicted molar refractivity (Wildman–Crippen MR) is 75.6 cm³/mol. The van der Waals surface area contributed by atoms with Crippen molar-refractivity contribution in [3.05, 3.63) is 57.5 Å². The van der Waals surface area contributed by atoms with Gasteiger partial charge in [-0.3, -0.25) is 4.79 Å². The third-order valence-corrected chi connectivity index (χ3v) is 3.07. The summed E-state index contributed by atoms with van der Waals surface area (Å²) in [5, 5.41) is 10.9. The number of benzene rings is 1. The van der Waals surface area contributed by atoms with Crippen LogP contribution in [0.4, 0.5) is 10.2 Å². The molecule has 0 spiro atoms. The SMILES string of the molecule is O=C(O)c1cccc(NC(=O)c2cc(F)c(Cl)cc2Cl)n1. The van der Waals surface area contributed by atoms with E-state index < -0.39 is 17.7 Å². The fourth-order valence-corrected chi connectivity index (χ4v) is 1.97. The molecule has 0 saturated heterocycles. The Kier molecular flexibility index (Phi) is 4.40. The molecule has 0 atom stereocenters. The lowest BCUT2D eigenvalue weighted by Gasteiger charge is -2.07. The average molecular weight is 329 g/mol. The summed E-state index contributed by atoms with van der Waals surface area (Å²) in [5.74, 6) is -2.75. The van der Waals surface area contributed by atoms with Crippen molar-refractivity contribution < 1.29 is 19.1 Å². The van der Waals surface area contributed by atoms with Crippen LogP contribution in [0, 0.1) is 5.82 Å². The molecule has 1 heterocycles. The minimum absolute atomic E-state index is 0.00586. The molecule has 108 valence electrons. The third-order valence-electron chi connectivity index (χ3n) is 2.46. The first-order valence-corrected chi connectivity index (χ1v) is 6.30. The van der Waals surface area contributed by atoms with Crippen molar-refractivity contribution >= 4 is 40.9 Å². The summed E-state index contributed by atoms with van der Waals surface area (Å²) in [6, 6.07) is 6.07. The van der Waals surface area contributed by atoms with E-state index in [1.807, 2.05) is 0 Å². The number of nitrogens with one attached hydrogen (secondary N) is 1. The van der Waals surface area contributed by atoms with Crippen LogP contribution < -0.4 is 5.32 Å². The van der Waals surface area contributed by atoms with E-state index in [1.165, 1.54) is 18.2 Å². The van der Waals surface area contributed by atoms with Gasteiger partial charge in [-0.1, -0.05) is 29.3 Å². The first-order valence-electron chi connectivity index (χ1n) is 5.54. The second kappa shape index (κ2) is 6.07. The van der Waals surface area contributed by atoms with Crippen LogP contribution >= 0.6 is 23.2 Å². The number of hydrogen-bond donors (Lipinski definition) is 2. The Balaban J connectivity index is 2.28. The van der Waals surface area contributed by atoms with Gasteiger partial charge < -0.3 is 10.4 Å². The van der Waals surface area contributed by atoms with Crippen LogP contribution in [-0.2, 0) is 0 Å². The van der Waals surface area contributed by atoms with Gasteiger partial charge in [0.15, 0.2) is 5.69 Å². The Morgan fingerprint density at radius 2 is 1.90 bits per heavy atom. The number of halogens is 3. The fourth-order valence-electron chi connectivity index (χ4n) is 1.50. The minimum Gasteiger partial charge on any atom is -0.477 e. The van der Waals surface area contributed by atoms with Gasteiger partial charge in [-0.25, -0.2) is 14.2 Å². The molecule has 2 N–H and O–H groups in total. The first kappa shape index (κ1) is 15.2. The summed E-state index contributed by atoms with van der Waals surface area (Å²) < 4.78 is 13.4. The standard InChI is InChI=1S/C13H7Cl2FN2O3/c14-7-5-8(15)9(16)4-6(7)12(19)18-11-3-1-2-10(17-11)13(20)21/h1-5H,(H,20,21)(H,17,18,19). The zero-order valence-electron chi connectivity index (χ0n) is 10.2. The molecule has 0 aliphatic carbocycles. The summed E-state index contributed by atoms with van der Waals surface area (Å²) >= 11 is 11.4. The Bertz CT molecular complexity index is 737. The smallest absolute Gasteiger partial charge is 0.354 e. The number of carbonyl (C=O) groups is 2. The average Bonchev–Trinajstić information content (AvgIpc) is 2.43. The molecule has 0 aliphatic heterocycles. The predicted octanol–water partition coefficient (Wildman–Crippen LogP) is 3.48. The van der Waals surface area contributed by atoms with Crippen LogP contribution in [-0.4, -0.2) is 22.0 Å². The molecule has 1 aromatic carbocycles. The van der Waals surface area contributed by atoms with E-state index in [2.05, 4.69) is 10.3 Å². The Morgan fingerprint density at radius 1 is 1.19 bits per heavy atom. The summed E-state index contributed by atoms with van der Waals surface area (Å²) in [6.45, 7) is 0. The zero-order chi connectivity index (χ0) is 15.6. The van der Waals surface area contributed by atoms with E-state index in [9.17, 15) is 14.0 Å². The van der Waals surface area contributed by atoms with Crippen molar-refractivity contribution in [2.75, 3.05) is 5.32 Å². The van der Waals surface area contributed by atoms with Crippen molar-refractivity contribution in [3.8, 4) is 0 Å². The molecule has 0 radical (unpaired) electrons. The van der Waals surface area contributed by atoms with Crippen molar-refractivity contribution in [2.24, 2.45) is 0 Å². The Hall–Kier alpha value is -2.18. The summed E-state index contributed by atoms with van der Waals surface area (Å²) in [5.41, 5.74) is -0.373. The van der Waals surface area contributed by atoms with Gasteiger partial charge in [0, 0.05) is 0 Å². The van der Waals surface area contributed by atoms with Gasteiger partial charge in [0.2, 0.25) is 0 Å². The quantitative estimate of drug-likeness (QED) is 0.845. The van der Waals surface area contributed by atoms with Crippen LogP contribution in [0.2, 0.25) is 10.0 Å². The molecular formula is C13H7Cl2FN2O3. The van der Waals surface area contributed by atoms with Crippen LogP contribution in [0.1, 0.15) is 20.8 Å². The lowest BCUT2D eigenvalue weighted by Crippen LogP contribution is -2.15. The number of carboxylic acid groups (broad SMARTS) is 1. The third kappa shape index (κ3) is 3.48. The second-order valence-electron chi connectivity index (χ2n) is 3.91. The van der Waals surface area contributed by atoms with Gasteiger partial charge in [0.05, 0.1) is 15.6 Å². The van der Waals surface area contributed by atoms with E-state index in [-0.39, 0.29) is 27.1 Å². The lowest BCUT2D eigenvalue weighted by molar-refractivity contribution is 0.0690. The Morgan fingerprint density at radius 3 is 2.57 bits per heavy atom. The largest absolute Gasteiger partial charge is 0.477 e. The number of aromatic nitrogens is 1. The maximum absolute atomic E-state index is 13.4. The molecular weight excluding hydrogens is 322 g/mol. The Labute approximate surface area is 128 Å². The molecule has 1 amide bonds. The highest BCUT2D eigenvalue weighted by atomic mass is 35.5. The number of aromatic carboxylic acids is 1. The molecule has 0 aliphatic rings. The maximum Gasteiger partial charge on any atom is 0.354 e. The highest BCUT2D eigenvalue weighted by molar-refractivity contribution is 6.37. The van der Waals surface area contributed by atoms with Gasteiger partial charge in [-0.15, -0.1) is 0 Å². The van der Waals surface area contributed by atoms with Crippen LogP contribution in [0.25, 0.3) is 0 Å². The number of nitrogens with zero attached hydrogens (tertiary/aromatic N) is 1. The number of pyridine rings is 1. The van der Waals surface area contributed by atoms with E-state index in [0.717, 1.165) is 12.1 Å². The van der Waals surface area contributed by atoms with Crippen molar-refractivity contribution in [3.63, 3.8) is 0 Å². The molecule has 8 heteroatoms. The van der Waals surface area contributed by atoms with E-state index >= 15 is 0 Å². The number of anilines is 1. The zero-order valence-corrected chi connectivity index (χ0v) is 11.7. The van der Waals surface area contributed by atoms with Gasteiger partial charge in [-0.2, -0.15) is 0 Å². The molecule has 2 aromatic rings. The van der Waals surface area contributed by atoms with Gasteiger partial charge in [0.1, 0.15) is 11.6 Å². The topological polar surface area (TPSA) is 79.3 Å². The van der Waals surface area contributed by atoms with Gasteiger partial charge in [0.25, 0.3) is 5.91 Å². The van der Waals surface area contributed by atoms with Crippen LogP contribution in [0.5, 0.6) is 0 Å². The molecule has 0 unspecified atom stereocenters. The van der Waals surface area contributed by atoms with E-state index in [0.29, 0.717) is 0 Å². The summed E-state index contributed by atoms with van der Waals surface area (Å²) in [4.78, 5) is 26.5. The van der Waals surface area contributed by atoms with Crippen molar-refractivity contribution in [1.82, 2.24) is 4.98 Å². The van der Waals surface area contributed by atoms with Crippen LogP contribution in [0.3, 0.4) is 0 Å². The van der Waals surface area contributed by atoms with Gasteiger partial charge >= 0.3 is 5.97 Å². The molecule has 5 nitrogen and oxygen atoms in total. The second-order valence-corrected chi connectivity index (χ2v) is 4.73. The molecule has 21 heavy (non-hydrogen) atoms. The number of amides is 1. The molecule has 0 bridgehead atoms. The van der Waals surface area contributed by atoms with E-state index in [1.54, 1.807) is 0 Å². The minimum atomic E-state index is -1.23. The van der Waals surface area contributed by atoms with Crippen molar-refractivity contribution in [2.45, 2.75) is 0 Å².